The highest BCUT2D eigenvalue weighted by atomic mass is 19.3. The van der Waals surface area contributed by atoms with Crippen molar-refractivity contribution in [2.24, 2.45) is 5.92 Å². The average molecular weight is 474 g/mol. The Morgan fingerprint density at radius 3 is 2.76 bits per heavy atom. The molecule has 0 radical (unpaired) electrons. The van der Waals surface area contributed by atoms with E-state index < -0.39 is 18.8 Å². The van der Waals surface area contributed by atoms with Crippen LogP contribution in [0.4, 0.5) is 24.9 Å². The monoisotopic (exact) mass is 473 g/mol. The van der Waals surface area contributed by atoms with Crippen molar-refractivity contribution in [3.63, 3.8) is 0 Å². The lowest BCUT2D eigenvalue weighted by molar-refractivity contribution is 0.127. The van der Waals surface area contributed by atoms with E-state index in [2.05, 4.69) is 44.2 Å². The molecule has 1 saturated heterocycles. The third kappa shape index (κ3) is 3.91. The number of nitrogen functional groups attached to an aromatic ring is 1. The van der Waals surface area contributed by atoms with E-state index in [1.165, 1.54) is 15.3 Å². The molecular formula is C22H26F3N9. The summed E-state index contributed by atoms with van der Waals surface area (Å²) in [6.45, 7) is 5.15. The number of pyridine rings is 1. The van der Waals surface area contributed by atoms with Crippen LogP contribution < -0.4 is 11.1 Å². The van der Waals surface area contributed by atoms with E-state index in [1.54, 1.807) is 19.1 Å². The molecule has 3 N–H and O–H groups in total. The van der Waals surface area contributed by atoms with Gasteiger partial charge in [-0.05, 0) is 45.0 Å². The Hall–Kier alpha value is -3.41. The van der Waals surface area contributed by atoms with Gasteiger partial charge < -0.3 is 20.5 Å². The van der Waals surface area contributed by atoms with Gasteiger partial charge in [0.05, 0.1) is 24.0 Å². The zero-order chi connectivity index (χ0) is 24.1. The van der Waals surface area contributed by atoms with Crippen LogP contribution in [-0.4, -0.2) is 66.6 Å². The van der Waals surface area contributed by atoms with E-state index >= 15 is 4.39 Å². The summed E-state index contributed by atoms with van der Waals surface area (Å²) in [5, 5.41) is 7.77. The van der Waals surface area contributed by atoms with Crippen molar-refractivity contribution in [3.05, 3.63) is 30.0 Å². The van der Waals surface area contributed by atoms with Crippen LogP contribution in [-0.2, 0) is 6.54 Å². The number of halogens is 3. The topological polar surface area (TPSA) is 102 Å². The maximum absolute atomic E-state index is 15.1. The Kier molecular flexibility index (Phi) is 5.54. The largest absolute Gasteiger partial charge is 0.382 e. The van der Waals surface area contributed by atoms with Crippen molar-refractivity contribution in [1.29, 1.82) is 0 Å². The Balaban J connectivity index is 1.54. The van der Waals surface area contributed by atoms with E-state index in [0.29, 0.717) is 23.2 Å². The Morgan fingerprint density at radius 2 is 2.03 bits per heavy atom. The van der Waals surface area contributed by atoms with Crippen LogP contribution in [0.15, 0.2) is 18.3 Å². The maximum atomic E-state index is 15.1. The fourth-order valence-corrected chi connectivity index (χ4v) is 4.73. The molecule has 4 aromatic heterocycles. The van der Waals surface area contributed by atoms with Gasteiger partial charge in [0.1, 0.15) is 16.9 Å². The quantitative estimate of drug-likeness (QED) is 0.459. The Bertz CT molecular complexity index is 1360. The molecule has 0 amide bonds. The van der Waals surface area contributed by atoms with Crippen molar-refractivity contribution >= 4 is 28.4 Å². The van der Waals surface area contributed by atoms with Gasteiger partial charge in [0.2, 0.25) is 5.95 Å². The number of aryl methyl sites for hydroxylation is 1. The Morgan fingerprint density at radius 1 is 1.24 bits per heavy atom. The van der Waals surface area contributed by atoms with Crippen molar-refractivity contribution in [3.8, 4) is 11.3 Å². The molecule has 2 atom stereocenters. The Labute approximate surface area is 193 Å². The highest BCUT2D eigenvalue weighted by Crippen LogP contribution is 2.32. The first-order valence-electron chi connectivity index (χ1n) is 11.1. The lowest BCUT2D eigenvalue weighted by atomic mass is 9.94. The molecule has 0 saturated carbocycles. The minimum atomic E-state index is -2.57. The average Bonchev–Trinajstić information content (AvgIpc) is 3.25. The van der Waals surface area contributed by atoms with Crippen LogP contribution in [0.2, 0.25) is 0 Å². The minimum Gasteiger partial charge on any atom is -0.382 e. The number of aromatic nitrogens is 6. The first kappa shape index (κ1) is 22.4. The highest BCUT2D eigenvalue weighted by Gasteiger charge is 2.26. The lowest BCUT2D eigenvalue weighted by Gasteiger charge is -2.35. The number of nitrogens with zero attached hydrogens (tertiary/aromatic N) is 7. The van der Waals surface area contributed by atoms with E-state index in [4.69, 9.17) is 5.73 Å². The molecule has 0 unspecified atom stereocenters. The summed E-state index contributed by atoms with van der Waals surface area (Å²) in [7, 11) is 2.09. The van der Waals surface area contributed by atoms with Crippen LogP contribution in [0.3, 0.4) is 0 Å². The van der Waals surface area contributed by atoms with Crippen LogP contribution >= 0.6 is 0 Å². The molecule has 1 aliphatic rings. The number of rotatable bonds is 5. The molecule has 0 spiro atoms. The first-order valence-corrected chi connectivity index (χ1v) is 11.1. The van der Waals surface area contributed by atoms with Gasteiger partial charge in [0.25, 0.3) is 6.43 Å². The molecule has 1 aliphatic heterocycles. The smallest absolute Gasteiger partial charge is 0.256 e. The zero-order valence-corrected chi connectivity index (χ0v) is 19.1. The molecule has 9 nitrogen and oxygen atoms in total. The fraction of sp³-hybridized carbons (Fsp3) is 0.455. The number of likely N-dealkylation sites (tertiary alicyclic amines) is 1. The molecule has 0 bridgehead atoms. The van der Waals surface area contributed by atoms with E-state index in [9.17, 15) is 8.78 Å². The van der Waals surface area contributed by atoms with Gasteiger partial charge in [-0.2, -0.15) is 4.98 Å². The molecule has 4 aromatic rings. The summed E-state index contributed by atoms with van der Waals surface area (Å²) in [4.78, 5) is 15.4. The summed E-state index contributed by atoms with van der Waals surface area (Å²) in [6.07, 6.45) is -0.421. The minimum absolute atomic E-state index is 0.0937. The molecule has 5 heterocycles. The van der Waals surface area contributed by atoms with Crippen molar-refractivity contribution < 1.29 is 13.2 Å². The second-order valence-corrected chi connectivity index (χ2v) is 8.94. The number of nitrogens with one attached hydrogen (secondary N) is 1. The van der Waals surface area contributed by atoms with Gasteiger partial charge in [-0.25, -0.2) is 27.7 Å². The van der Waals surface area contributed by atoms with Gasteiger partial charge in [-0.1, -0.05) is 6.92 Å². The number of nitrogens with two attached hydrogens (primary N) is 1. The zero-order valence-electron chi connectivity index (χ0n) is 19.1. The molecule has 5 rings (SSSR count). The third-order valence-corrected chi connectivity index (χ3v) is 6.39. The summed E-state index contributed by atoms with van der Waals surface area (Å²) >= 11 is 0. The predicted molar refractivity (Wildman–Crippen MR) is 123 cm³/mol. The van der Waals surface area contributed by atoms with Crippen LogP contribution in [0.25, 0.3) is 27.9 Å². The van der Waals surface area contributed by atoms with Crippen LogP contribution in [0, 0.1) is 18.7 Å². The molecule has 34 heavy (non-hydrogen) atoms. The van der Waals surface area contributed by atoms with Crippen molar-refractivity contribution in [2.75, 3.05) is 31.2 Å². The second-order valence-electron chi connectivity index (χ2n) is 8.94. The van der Waals surface area contributed by atoms with E-state index in [-0.39, 0.29) is 34.3 Å². The number of hydrogen-bond acceptors (Lipinski definition) is 7. The van der Waals surface area contributed by atoms with Crippen molar-refractivity contribution in [2.45, 2.75) is 39.3 Å². The number of alkyl halides is 2. The van der Waals surface area contributed by atoms with Crippen LogP contribution in [0.1, 0.15) is 19.2 Å². The predicted octanol–water partition coefficient (Wildman–Crippen LogP) is 3.19. The van der Waals surface area contributed by atoms with E-state index in [0.717, 1.165) is 19.5 Å². The number of imidazole rings is 1. The maximum Gasteiger partial charge on any atom is 0.256 e. The number of fused-ring (bicyclic) bond motifs is 2. The highest BCUT2D eigenvalue weighted by molar-refractivity contribution is 5.89. The van der Waals surface area contributed by atoms with Gasteiger partial charge in [0, 0.05) is 12.6 Å². The normalized spacial score (nSPS) is 19.5. The lowest BCUT2D eigenvalue weighted by Crippen LogP contribution is -2.43. The molecular weight excluding hydrogens is 447 g/mol. The van der Waals surface area contributed by atoms with Gasteiger partial charge in [-0.15, -0.1) is 5.10 Å². The second kappa shape index (κ2) is 8.42. The summed E-state index contributed by atoms with van der Waals surface area (Å²) in [5.41, 5.74) is 7.57. The first-order chi connectivity index (χ1) is 16.2. The molecule has 0 aromatic carbocycles. The van der Waals surface area contributed by atoms with Gasteiger partial charge >= 0.3 is 0 Å². The number of piperidine rings is 1. The van der Waals surface area contributed by atoms with Crippen molar-refractivity contribution in [1.82, 2.24) is 34.0 Å². The molecule has 1 fully saturated rings. The third-order valence-electron chi connectivity index (χ3n) is 6.39. The summed E-state index contributed by atoms with van der Waals surface area (Å²) in [5.74, 6) is 0.616. The summed E-state index contributed by atoms with van der Waals surface area (Å²) < 4.78 is 43.9. The molecule has 0 aliphatic carbocycles. The number of hydrogen-bond donors (Lipinski definition) is 2. The molecule has 180 valence electrons. The molecule has 12 heteroatoms. The fourth-order valence-electron chi connectivity index (χ4n) is 4.73. The SMILES string of the molecule is Cc1nc2ccc(-c3c(F)cn4nc(N[C@H]5CCN(C)C[C@H]5C)nc(N)c34)nc2n1CC(F)F. The summed E-state index contributed by atoms with van der Waals surface area (Å²) in [6, 6.07) is 3.39. The van der Waals surface area contributed by atoms with E-state index in [1.807, 2.05) is 0 Å². The number of anilines is 2. The van der Waals surface area contributed by atoms with Crippen LogP contribution in [0.5, 0.6) is 0 Å². The standard InChI is InChI=1S/C22H26F3N9/c1-11-8-32(3)7-6-14(11)29-22-30-20(26)19-18(13(23)9-34(19)31-22)15-4-5-16-21(28-15)33(10-17(24)25)12(2)27-16/h4-5,9,11,14,17H,6-8,10H2,1-3H3,(H3,26,29,30,31)/t11-,14+/m1/s1. The van der Waals surface area contributed by atoms with Gasteiger partial charge in [-0.3, -0.25) is 0 Å². The van der Waals surface area contributed by atoms with Gasteiger partial charge in [0.15, 0.2) is 17.3 Å².